The van der Waals surface area contributed by atoms with Gasteiger partial charge in [-0.25, -0.2) is 0 Å². The van der Waals surface area contributed by atoms with Crippen LogP contribution in [0, 0.1) is 6.92 Å². The number of benzene rings is 2. The second kappa shape index (κ2) is 9.04. The van der Waals surface area contributed by atoms with E-state index in [1.807, 2.05) is 90.1 Å². The van der Waals surface area contributed by atoms with E-state index < -0.39 is 34.7 Å². The maximum absolute atomic E-state index is 13.0. The van der Waals surface area contributed by atoms with Crippen molar-refractivity contribution in [2.45, 2.75) is 65.4 Å². The first-order valence-corrected chi connectivity index (χ1v) is 12.8. The van der Waals surface area contributed by atoms with E-state index in [9.17, 15) is 8.42 Å². The van der Waals surface area contributed by atoms with E-state index in [-0.39, 0.29) is 19.1 Å². The lowest BCUT2D eigenvalue weighted by Crippen LogP contribution is -2.41. The Morgan fingerprint density at radius 3 is 2.32 bits per heavy atom. The minimum Gasteiger partial charge on any atom is -0.460 e. The van der Waals surface area contributed by atoms with Gasteiger partial charge >= 0.3 is 17.4 Å². The Bertz CT molecular complexity index is 1160. The molecule has 182 valence electrons. The third-order valence-electron chi connectivity index (χ3n) is 6.85. The molecule has 1 fully saturated rings. The minimum absolute atomic E-state index is 0.00464. The standard InChI is InChI=1S/C25H32BNO6S/c1-18-12-13-21(26-32-24(3,4)25(5,6)33-26)16-22(18)19(2)27-15-14-23(31-34(27,28)29)30-17-20-10-8-7-9-11-20/h7-14,16,19H,15,17H2,1-6H3/t19-/m1/s1. The molecule has 2 aromatic rings. The fourth-order valence-electron chi connectivity index (χ4n) is 3.99. The van der Waals surface area contributed by atoms with Crippen LogP contribution in [0.4, 0.5) is 0 Å². The van der Waals surface area contributed by atoms with E-state index in [4.69, 9.17) is 18.2 Å². The van der Waals surface area contributed by atoms with Gasteiger partial charge in [-0.3, -0.25) is 0 Å². The van der Waals surface area contributed by atoms with Gasteiger partial charge in [-0.15, -0.1) is 0 Å². The van der Waals surface area contributed by atoms with Gasteiger partial charge in [-0.2, -0.15) is 12.7 Å². The van der Waals surface area contributed by atoms with Crippen molar-refractivity contribution >= 4 is 22.9 Å². The lowest BCUT2D eigenvalue weighted by atomic mass is 9.77. The summed E-state index contributed by atoms with van der Waals surface area (Å²) in [6.45, 7) is 12.2. The largest absolute Gasteiger partial charge is 0.494 e. The molecule has 34 heavy (non-hydrogen) atoms. The summed E-state index contributed by atoms with van der Waals surface area (Å²) in [5, 5.41) is 0. The molecule has 0 aromatic heterocycles. The zero-order chi connectivity index (χ0) is 24.7. The van der Waals surface area contributed by atoms with Crippen LogP contribution in [-0.4, -0.2) is 37.6 Å². The summed E-state index contributed by atoms with van der Waals surface area (Å²) in [4.78, 5) is 0. The summed E-state index contributed by atoms with van der Waals surface area (Å²) < 4.78 is 50.5. The van der Waals surface area contributed by atoms with E-state index in [1.54, 1.807) is 6.08 Å². The van der Waals surface area contributed by atoms with Crippen LogP contribution in [-0.2, 0) is 35.1 Å². The second-order valence-corrected chi connectivity index (χ2v) is 11.3. The minimum atomic E-state index is -4.03. The van der Waals surface area contributed by atoms with Crippen LogP contribution in [0.15, 0.2) is 60.6 Å². The normalized spacial score (nSPS) is 22.1. The van der Waals surface area contributed by atoms with Crippen LogP contribution in [0.2, 0.25) is 0 Å². The zero-order valence-corrected chi connectivity index (χ0v) is 21.4. The van der Waals surface area contributed by atoms with Crippen molar-refractivity contribution in [1.82, 2.24) is 4.31 Å². The number of ether oxygens (including phenoxy) is 1. The van der Waals surface area contributed by atoms with Crippen LogP contribution in [0.25, 0.3) is 0 Å². The Kier molecular flexibility index (Phi) is 6.59. The SMILES string of the molecule is Cc1ccc(B2OC(C)(C)C(C)(C)O2)cc1[C@@H](C)N1CC=C(OCc2ccccc2)OS1(=O)=O. The van der Waals surface area contributed by atoms with Crippen molar-refractivity contribution in [2.24, 2.45) is 0 Å². The molecule has 4 rings (SSSR count). The van der Waals surface area contributed by atoms with E-state index >= 15 is 0 Å². The van der Waals surface area contributed by atoms with Gasteiger partial charge in [0.15, 0.2) is 0 Å². The molecule has 1 atom stereocenters. The smallest absolute Gasteiger partial charge is 0.460 e. The van der Waals surface area contributed by atoms with Gasteiger partial charge in [0.25, 0.3) is 5.95 Å². The maximum Gasteiger partial charge on any atom is 0.494 e. The highest BCUT2D eigenvalue weighted by Gasteiger charge is 2.51. The highest BCUT2D eigenvalue weighted by atomic mass is 32.2. The summed E-state index contributed by atoms with van der Waals surface area (Å²) >= 11 is 0. The summed E-state index contributed by atoms with van der Waals surface area (Å²) in [7, 11) is -4.56. The summed E-state index contributed by atoms with van der Waals surface area (Å²) in [5.41, 5.74) is 2.69. The highest BCUT2D eigenvalue weighted by Crippen LogP contribution is 2.37. The molecule has 0 saturated carbocycles. The van der Waals surface area contributed by atoms with Gasteiger partial charge in [0.2, 0.25) is 0 Å². The molecule has 0 radical (unpaired) electrons. The molecule has 0 bridgehead atoms. The number of nitrogens with zero attached hydrogens (tertiary/aromatic N) is 1. The molecule has 7 nitrogen and oxygen atoms in total. The Morgan fingerprint density at radius 2 is 1.71 bits per heavy atom. The van der Waals surface area contributed by atoms with Crippen LogP contribution in [0.3, 0.4) is 0 Å². The fraction of sp³-hybridized carbons (Fsp3) is 0.440. The number of rotatable bonds is 6. The van der Waals surface area contributed by atoms with E-state index in [0.29, 0.717) is 0 Å². The van der Waals surface area contributed by atoms with Gasteiger partial charge in [-0.1, -0.05) is 48.5 Å². The third kappa shape index (κ3) is 4.88. The van der Waals surface area contributed by atoms with Gasteiger partial charge in [0.1, 0.15) is 6.61 Å². The molecule has 2 heterocycles. The first kappa shape index (κ1) is 24.8. The molecule has 0 amide bonds. The Labute approximate surface area is 203 Å². The van der Waals surface area contributed by atoms with Gasteiger partial charge in [0.05, 0.1) is 17.2 Å². The van der Waals surface area contributed by atoms with Gasteiger partial charge in [-0.05, 0) is 63.7 Å². The monoisotopic (exact) mass is 485 g/mol. The molecular weight excluding hydrogens is 453 g/mol. The summed E-state index contributed by atoms with van der Waals surface area (Å²) in [5.74, 6) is -0.00464. The Hall–Kier alpha value is -2.33. The van der Waals surface area contributed by atoms with Gasteiger partial charge < -0.3 is 18.2 Å². The molecule has 1 saturated heterocycles. The molecule has 0 unspecified atom stereocenters. The van der Waals surface area contributed by atoms with Crippen molar-refractivity contribution in [3.05, 3.63) is 77.2 Å². The van der Waals surface area contributed by atoms with Crippen molar-refractivity contribution in [2.75, 3.05) is 6.54 Å². The Balaban J connectivity index is 1.52. The predicted molar refractivity (Wildman–Crippen MR) is 131 cm³/mol. The molecule has 2 aliphatic rings. The van der Waals surface area contributed by atoms with E-state index in [0.717, 1.165) is 22.2 Å². The molecule has 0 N–H and O–H groups in total. The molecule has 0 spiro atoms. The Morgan fingerprint density at radius 1 is 1.06 bits per heavy atom. The maximum atomic E-state index is 13.0. The van der Waals surface area contributed by atoms with E-state index in [2.05, 4.69) is 0 Å². The molecule has 2 aromatic carbocycles. The molecule has 0 aliphatic carbocycles. The molecule has 9 heteroatoms. The first-order chi connectivity index (χ1) is 15.9. The van der Waals surface area contributed by atoms with Crippen LogP contribution in [0.1, 0.15) is 57.4 Å². The number of hydrogen-bond donors (Lipinski definition) is 0. The van der Waals surface area contributed by atoms with E-state index in [1.165, 1.54) is 4.31 Å². The second-order valence-electron chi connectivity index (χ2n) is 9.79. The van der Waals surface area contributed by atoms with Crippen LogP contribution >= 0.6 is 0 Å². The summed E-state index contributed by atoms with van der Waals surface area (Å²) in [6.07, 6.45) is 1.65. The fourth-order valence-corrected chi connectivity index (χ4v) is 5.17. The number of aryl methyl sites for hydroxylation is 1. The predicted octanol–water partition coefficient (Wildman–Crippen LogP) is 3.99. The van der Waals surface area contributed by atoms with Crippen LogP contribution < -0.4 is 5.46 Å². The molecular formula is C25H32BNO6S. The quantitative estimate of drug-likeness (QED) is 0.577. The van der Waals surface area contributed by atoms with Gasteiger partial charge in [0, 0.05) is 12.6 Å². The van der Waals surface area contributed by atoms with Crippen molar-refractivity contribution in [3.8, 4) is 0 Å². The van der Waals surface area contributed by atoms with Crippen molar-refractivity contribution < 1.29 is 26.6 Å². The summed E-state index contributed by atoms with van der Waals surface area (Å²) in [6, 6.07) is 14.9. The topological polar surface area (TPSA) is 74.3 Å². The lowest BCUT2D eigenvalue weighted by molar-refractivity contribution is 0.00578. The van der Waals surface area contributed by atoms with Crippen molar-refractivity contribution in [1.29, 1.82) is 0 Å². The first-order valence-electron chi connectivity index (χ1n) is 11.4. The lowest BCUT2D eigenvalue weighted by Gasteiger charge is -2.32. The van der Waals surface area contributed by atoms with Crippen LogP contribution in [0.5, 0.6) is 0 Å². The molecule has 2 aliphatic heterocycles. The third-order valence-corrected chi connectivity index (χ3v) is 8.26. The average molecular weight is 485 g/mol. The average Bonchev–Trinajstić information content (AvgIpc) is 2.99. The highest BCUT2D eigenvalue weighted by molar-refractivity contribution is 7.84. The zero-order valence-electron chi connectivity index (χ0n) is 20.6. The van der Waals surface area contributed by atoms with Crippen molar-refractivity contribution in [3.63, 3.8) is 0 Å². The number of hydrogen-bond acceptors (Lipinski definition) is 6.